The Bertz CT molecular complexity index is 2810. The third-order valence-corrected chi connectivity index (χ3v) is 11.3. The second kappa shape index (κ2) is 11.8. The van der Waals surface area contributed by atoms with Crippen molar-refractivity contribution in [2.75, 3.05) is 0 Å². The first-order valence-electron chi connectivity index (χ1n) is 16.3. The Hall–Kier alpha value is -6.15. The standard InChI is InChI=1S/C43H25N5S2/c1-4-12-26(13-5-1)40-44-37(39-38(45-40)32-18-10-11-19-34(32)50-39)29-20-22-31-33-24-30(21-23-35(33)49-36(31)25-29)43-47-41(27-14-6-2-7-15-27)46-42(48-43)28-16-8-3-9-17-28/h1-25H. The zero-order valence-electron chi connectivity index (χ0n) is 26.5. The third kappa shape index (κ3) is 4.94. The maximum Gasteiger partial charge on any atom is 0.164 e. The van der Waals surface area contributed by atoms with E-state index in [-0.39, 0.29) is 0 Å². The summed E-state index contributed by atoms with van der Waals surface area (Å²) in [4.78, 5) is 25.1. The highest BCUT2D eigenvalue weighted by molar-refractivity contribution is 7.26. The Morgan fingerprint density at radius 1 is 0.320 bits per heavy atom. The number of benzene rings is 6. The lowest BCUT2D eigenvalue weighted by Crippen LogP contribution is -2.00. The van der Waals surface area contributed by atoms with Crippen molar-refractivity contribution in [3.8, 4) is 56.8 Å². The maximum atomic E-state index is 5.20. The summed E-state index contributed by atoms with van der Waals surface area (Å²) < 4.78 is 4.73. The van der Waals surface area contributed by atoms with E-state index in [0.29, 0.717) is 17.5 Å². The van der Waals surface area contributed by atoms with Crippen molar-refractivity contribution in [2.24, 2.45) is 0 Å². The number of nitrogens with zero attached hydrogens (tertiary/aromatic N) is 5. The molecule has 0 atom stereocenters. The predicted octanol–water partition coefficient (Wildman–Crippen LogP) is 11.7. The molecule has 0 N–H and O–H groups in total. The van der Waals surface area contributed by atoms with Gasteiger partial charge in [0, 0.05) is 58.1 Å². The molecule has 0 spiro atoms. The second-order valence-corrected chi connectivity index (χ2v) is 14.2. The molecular formula is C43H25N5S2. The van der Waals surface area contributed by atoms with Gasteiger partial charge in [-0.15, -0.1) is 22.7 Å². The van der Waals surface area contributed by atoms with Gasteiger partial charge >= 0.3 is 0 Å². The van der Waals surface area contributed by atoms with Crippen molar-refractivity contribution in [3.63, 3.8) is 0 Å². The molecule has 234 valence electrons. The Kier molecular flexibility index (Phi) is 6.79. The van der Waals surface area contributed by atoms with Crippen LogP contribution >= 0.6 is 22.7 Å². The van der Waals surface area contributed by atoms with Crippen molar-refractivity contribution < 1.29 is 0 Å². The molecule has 0 aliphatic rings. The number of hydrogen-bond donors (Lipinski definition) is 0. The van der Waals surface area contributed by atoms with Crippen LogP contribution in [0.3, 0.4) is 0 Å². The van der Waals surface area contributed by atoms with Crippen molar-refractivity contribution in [1.82, 2.24) is 24.9 Å². The molecule has 50 heavy (non-hydrogen) atoms. The number of rotatable bonds is 5. The summed E-state index contributed by atoms with van der Waals surface area (Å²) >= 11 is 3.55. The summed E-state index contributed by atoms with van der Waals surface area (Å²) in [6.45, 7) is 0. The summed E-state index contributed by atoms with van der Waals surface area (Å²) in [5.41, 5.74) is 6.91. The number of thiophene rings is 2. The van der Waals surface area contributed by atoms with E-state index in [1.165, 1.54) is 24.9 Å². The van der Waals surface area contributed by atoms with Crippen molar-refractivity contribution in [3.05, 3.63) is 152 Å². The van der Waals surface area contributed by atoms with Crippen LogP contribution in [0.4, 0.5) is 0 Å². The molecule has 4 heterocycles. The second-order valence-electron chi connectivity index (χ2n) is 12.1. The summed E-state index contributed by atoms with van der Waals surface area (Å²) in [5.74, 6) is 2.69. The van der Waals surface area contributed by atoms with Gasteiger partial charge in [0.15, 0.2) is 23.3 Å². The van der Waals surface area contributed by atoms with E-state index in [2.05, 4.69) is 72.8 Å². The molecule has 0 radical (unpaired) electrons. The van der Waals surface area contributed by atoms with Crippen LogP contribution < -0.4 is 0 Å². The third-order valence-electron chi connectivity index (χ3n) is 8.95. The van der Waals surface area contributed by atoms with Gasteiger partial charge in [-0.3, -0.25) is 0 Å². The Morgan fingerprint density at radius 2 is 0.860 bits per heavy atom. The van der Waals surface area contributed by atoms with Crippen molar-refractivity contribution in [2.45, 2.75) is 0 Å². The summed E-state index contributed by atoms with van der Waals surface area (Å²) in [6, 6.07) is 52.2. The highest BCUT2D eigenvalue weighted by Gasteiger charge is 2.18. The van der Waals surface area contributed by atoms with Gasteiger partial charge in [0.2, 0.25) is 0 Å². The molecule has 0 amide bonds. The number of aromatic nitrogens is 5. The first-order chi connectivity index (χ1) is 24.7. The lowest BCUT2D eigenvalue weighted by molar-refractivity contribution is 1.07. The van der Waals surface area contributed by atoms with Crippen LogP contribution in [-0.2, 0) is 0 Å². The van der Waals surface area contributed by atoms with Crippen LogP contribution in [0.1, 0.15) is 0 Å². The van der Waals surface area contributed by atoms with Crippen LogP contribution in [0.2, 0.25) is 0 Å². The van der Waals surface area contributed by atoms with E-state index in [9.17, 15) is 0 Å². The molecular weight excluding hydrogens is 651 g/mol. The van der Waals surface area contributed by atoms with Gasteiger partial charge < -0.3 is 0 Å². The molecule has 0 aliphatic carbocycles. The fourth-order valence-electron chi connectivity index (χ4n) is 6.50. The zero-order valence-corrected chi connectivity index (χ0v) is 28.1. The van der Waals surface area contributed by atoms with Gasteiger partial charge in [-0.05, 0) is 30.3 Å². The summed E-state index contributed by atoms with van der Waals surface area (Å²) in [7, 11) is 0. The van der Waals surface area contributed by atoms with Gasteiger partial charge in [0.25, 0.3) is 0 Å². The molecule has 0 saturated heterocycles. The van der Waals surface area contributed by atoms with Gasteiger partial charge in [-0.1, -0.05) is 121 Å². The van der Waals surface area contributed by atoms with E-state index < -0.39 is 0 Å². The van der Waals surface area contributed by atoms with E-state index in [1.807, 2.05) is 78.9 Å². The molecule has 0 aliphatic heterocycles. The molecule has 0 fully saturated rings. The van der Waals surface area contributed by atoms with Crippen molar-refractivity contribution >= 4 is 63.1 Å². The highest BCUT2D eigenvalue weighted by Crippen LogP contribution is 2.42. The molecule has 6 aromatic carbocycles. The van der Waals surface area contributed by atoms with Crippen LogP contribution in [-0.4, -0.2) is 24.9 Å². The normalized spacial score (nSPS) is 11.6. The fraction of sp³-hybridized carbons (Fsp3) is 0. The van der Waals surface area contributed by atoms with Gasteiger partial charge in [-0.25, -0.2) is 24.9 Å². The lowest BCUT2D eigenvalue weighted by Gasteiger charge is -2.08. The minimum atomic E-state index is 0.650. The van der Waals surface area contributed by atoms with Crippen LogP contribution in [0.15, 0.2) is 152 Å². The van der Waals surface area contributed by atoms with Gasteiger partial charge in [-0.2, -0.15) is 0 Å². The molecule has 10 aromatic rings. The molecule has 0 saturated carbocycles. The first kappa shape index (κ1) is 28.8. The van der Waals surface area contributed by atoms with E-state index in [0.717, 1.165) is 54.9 Å². The Balaban J connectivity index is 1.12. The fourth-order valence-corrected chi connectivity index (χ4v) is 8.78. The van der Waals surface area contributed by atoms with Crippen LogP contribution in [0.5, 0.6) is 0 Å². The first-order valence-corrected chi connectivity index (χ1v) is 18.0. The molecule has 10 rings (SSSR count). The average Bonchev–Trinajstić information content (AvgIpc) is 3.76. The Morgan fingerprint density at radius 3 is 1.52 bits per heavy atom. The molecule has 0 unspecified atom stereocenters. The van der Waals surface area contributed by atoms with E-state index in [4.69, 9.17) is 24.9 Å². The largest absolute Gasteiger partial charge is 0.226 e. The molecule has 7 heteroatoms. The van der Waals surface area contributed by atoms with E-state index >= 15 is 0 Å². The van der Waals surface area contributed by atoms with Gasteiger partial charge in [0.1, 0.15) is 0 Å². The Labute approximate surface area is 295 Å². The monoisotopic (exact) mass is 675 g/mol. The number of fused-ring (bicyclic) bond motifs is 6. The highest BCUT2D eigenvalue weighted by atomic mass is 32.1. The van der Waals surface area contributed by atoms with Crippen LogP contribution in [0, 0.1) is 0 Å². The smallest absolute Gasteiger partial charge is 0.164 e. The quantitative estimate of drug-likeness (QED) is 0.182. The molecule has 4 aromatic heterocycles. The SMILES string of the molecule is c1ccc(-c2nc(-c3ccccc3)nc(-c3ccc4sc5cc(-c6nc(-c7ccccc7)nc7c6sc6ccccc67)ccc5c4c3)n2)cc1. The van der Waals surface area contributed by atoms with Gasteiger partial charge in [0.05, 0.1) is 15.9 Å². The van der Waals surface area contributed by atoms with Crippen LogP contribution in [0.25, 0.3) is 97.3 Å². The molecule has 0 bridgehead atoms. The maximum absolute atomic E-state index is 5.20. The topological polar surface area (TPSA) is 64.5 Å². The number of hydrogen-bond acceptors (Lipinski definition) is 7. The van der Waals surface area contributed by atoms with E-state index in [1.54, 1.807) is 22.7 Å². The van der Waals surface area contributed by atoms with Crippen molar-refractivity contribution in [1.29, 1.82) is 0 Å². The lowest BCUT2D eigenvalue weighted by atomic mass is 10.0. The predicted molar refractivity (Wildman–Crippen MR) is 208 cm³/mol. The zero-order chi connectivity index (χ0) is 33.0. The molecule has 5 nitrogen and oxygen atoms in total. The summed E-state index contributed by atoms with van der Waals surface area (Å²) in [5, 5.41) is 3.53. The summed E-state index contributed by atoms with van der Waals surface area (Å²) in [6.07, 6.45) is 0. The average molecular weight is 676 g/mol. The minimum absolute atomic E-state index is 0.650. The minimum Gasteiger partial charge on any atom is -0.226 e.